The maximum Gasteiger partial charge on any atom is 0.339 e. The molecule has 1 heterocycles. The second kappa shape index (κ2) is 10.1. The van der Waals surface area contributed by atoms with Gasteiger partial charge in [-0.3, -0.25) is 14.9 Å². The van der Waals surface area contributed by atoms with Crippen molar-refractivity contribution < 1.29 is 22.3 Å². The molecule has 0 aromatic heterocycles. The average molecular weight is 497 g/mol. The van der Waals surface area contributed by atoms with Gasteiger partial charge >= 0.3 is 10.1 Å². The Hall–Kier alpha value is -3.96. The molecule has 4 rings (SSSR count). The number of rotatable bonds is 7. The van der Waals surface area contributed by atoms with Crippen LogP contribution in [0.4, 0.5) is 17.1 Å². The van der Waals surface area contributed by atoms with Crippen LogP contribution in [0.3, 0.4) is 0 Å². The van der Waals surface area contributed by atoms with Crippen LogP contribution in [0.5, 0.6) is 5.75 Å². The van der Waals surface area contributed by atoms with Gasteiger partial charge in [0.15, 0.2) is 0 Å². The van der Waals surface area contributed by atoms with E-state index in [0.29, 0.717) is 11.3 Å². The monoisotopic (exact) mass is 496 g/mol. The highest BCUT2D eigenvalue weighted by Gasteiger charge is 2.20. The van der Waals surface area contributed by atoms with Gasteiger partial charge in [0.05, 0.1) is 4.92 Å². The van der Waals surface area contributed by atoms with E-state index in [4.69, 9.17) is 4.18 Å². The number of anilines is 2. The van der Waals surface area contributed by atoms with Crippen LogP contribution in [-0.2, 0) is 10.1 Å². The zero-order valence-electron chi connectivity index (χ0n) is 19.0. The van der Waals surface area contributed by atoms with E-state index < -0.39 is 15.0 Å². The Kier molecular flexibility index (Phi) is 6.99. The lowest BCUT2D eigenvalue weighted by atomic mass is 10.2. The topological polar surface area (TPSA) is 122 Å². The number of nitro benzene ring substituents is 1. The van der Waals surface area contributed by atoms with E-state index in [1.807, 2.05) is 24.3 Å². The number of hydrogen-bond donors (Lipinski definition) is 1. The number of nitrogens with one attached hydrogen (secondary N) is 1. The molecule has 1 N–H and O–H groups in total. The van der Waals surface area contributed by atoms with Crippen molar-refractivity contribution in [3.8, 4) is 5.75 Å². The molecule has 0 spiro atoms. The summed E-state index contributed by atoms with van der Waals surface area (Å²) in [5, 5.41) is 13.7. The number of carbonyl (C=O) groups excluding carboxylic acids is 1. The van der Waals surface area contributed by atoms with Gasteiger partial charge in [-0.2, -0.15) is 8.42 Å². The zero-order valence-corrected chi connectivity index (χ0v) is 19.8. The number of nitrogens with zero attached hydrogens (tertiary/aromatic N) is 3. The van der Waals surface area contributed by atoms with Gasteiger partial charge in [0.1, 0.15) is 10.6 Å². The Morgan fingerprint density at radius 3 is 2.26 bits per heavy atom. The van der Waals surface area contributed by atoms with Crippen molar-refractivity contribution >= 4 is 33.1 Å². The van der Waals surface area contributed by atoms with Gasteiger partial charge in [-0.1, -0.05) is 6.07 Å². The summed E-state index contributed by atoms with van der Waals surface area (Å²) in [7, 11) is -2.18. The molecule has 1 saturated heterocycles. The predicted molar refractivity (Wildman–Crippen MR) is 131 cm³/mol. The van der Waals surface area contributed by atoms with Crippen LogP contribution in [0.15, 0.2) is 77.7 Å². The molecule has 3 aromatic rings. The van der Waals surface area contributed by atoms with Crippen molar-refractivity contribution in [2.75, 3.05) is 43.4 Å². The number of hydrogen-bond acceptors (Lipinski definition) is 8. The lowest BCUT2D eigenvalue weighted by Crippen LogP contribution is -2.44. The smallest absolute Gasteiger partial charge is 0.339 e. The summed E-state index contributed by atoms with van der Waals surface area (Å²) in [5.74, 6) is -0.380. The van der Waals surface area contributed by atoms with E-state index in [9.17, 15) is 23.3 Å². The second-order valence-corrected chi connectivity index (χ2v) is 9.65. The third-order valence-electron chi connectivity index (χ3n) is 5.63. The number of non-ortho nitro benzene ring substituents is 1. The molecular weight excluding hydrogens is 472 g/mol. The quantitative estimate of drug-likeness (QED) is 0.300. The SMILES string of the molecule is CN1CCN(c2ccc(NC(=O)c3ccc(OS(=O)(=O)c4cccc([N+](=O)[O-])c4)cc3)cc2)CC1. The van der Waals surface area contributed by atoms with Crippen molar-refractivity contribution in [2.45, 2.75) is 4.90 Å². The zero-order chi connectivity index (χ0) is 25.0. The Bertz CT molecular complexity index is 1320. The van der Waals surface area contributed by atoms with Crippen molar-refractivity contribution in [1.29, 1.82) is 0 Å². The number of benzene rings is 3. The minimum atomic E-state index is -4.28. The highest BCUT2D eigenvalue weighted by Crippen LogP contribution is 2.23. The lowest BCUT2D eigenvalue weighted by molar-refractivity contribution is -0.385. The molecule has 0 bridgehead atoms. The first kappa shape index (κ1) is 24.2. The molecule has 0 atom stereocenters. The first-order valence-electron chi connectivity index (χ1n) is 10.9. The Morgan fingerprint density at radius 1 is 0.971 bits per heavy atom. The van der Waals surface area contributed by atoms with Crippen molar-refractivity contribution in [3.05, 3.63) is 88.5 Å². The number of nitro groups is 1. The fraction of sp³-hybridized carbons (Fsp3) is 0.208. The van der Waals surface area contributed by atoms with E-state index >= 15 is 0 Å². The molecular formula is C24H24N4O6S. The second-order valence-electron chi connectivity index (χ2n) is 8.11. The number of amides is 1. The number of piperazine rings is 1. The Balaban J connectivity index is 1.38. The third-order valence-corrected chi connectivity index (χ3v) is 6.88. The summed E-state index contributed by atoms with van der Waals surface area (Å²) in [6.07, 6.45) is 0. The maximum atomic E-state index is 12.6. The van der Waals surface area contributed by atoms with E-state index in [0.717, 1.165) is 37.9 Å². The van der Waals surface area contributed by atoms with Crippen molar-refractivity contribution in [2.24, 2.45) is 0 Å². The van der Waals surface area contributed by atoms with Crippen LogP contribution in [0.25, 0.3) is 0 Å². The molecule has 0 unspecified atom stereocenters. The molecule has 10 nitrogen and oxygen atoms in total. The van der Waals surface area contributed by atoms with Crippen LogP contribution in [-0.4, -0.2) is 57.4 Å². The van der Waals surface area contributed by atoms with Gasteiger partial charge in [-0.25, -0.2) is 0 Å². The molecule has 11 heteroatoms. The molecule has 0 aliphatic carbocycles. The van der Waals surface area contributed by atoms with Gasteiger partial charge in [-0.05, 0) is 61.6 Å². The molecule has 182 valence electrons. The summed E-state index contributed by atoms with van der Waals surface area (Å²) in [6.45, 7) is 3.91. The highest BCUT2D eigenvalue weighted by molar-refractivity contribution is 7.87. The highest BCUT2D eigenvalue weighted by atomic mass is 32.2. The van der Waals surface area contributed by atoms with Crippen LogP contribution < -0.4 is 14.4 Å². The van der Waals surface area contributed by atoms with Gasteiger partial charge in [0.25, 0.3) is 11.6 Å². The molecule has 0 radical (unpaired) electrons. The molecule has 0 saturated carbocycles. The summed E-state index contributed by atoms with van der Waals surface area (Å²) >= 11 is 0. The third kappa shape index (κ3) is 5.94. The first-order chi connectivity index (χ1) is 16.7. The Labute approximate surface area is 203 Å². The van der Waals surface area contributed by atoms with E-state index in [1.165, 1.54) is 42.5 Å². The minimum absolute atomic E-state index is 0.0235. The number of likely N-dealkylation sites (N-methyl/N-ethyl adjacent to an activating group) is 1. The average Bonchev–Trinajstić information content (AvgIpc) is 2.85. The van der Waals surface area contributed by atoms with E-state index in [-0.39, 0.29) is 22.2 Å². The van der Waals surface area contributed by atoms with Crippen LogP contribution >= 0.6 is 0 Å². The molecule has 35 heavy (non-hydrogen) atoms. The van der Waals surface area contributed by atoms with E-state index in [1.54, 1.807) is 0 Å². The summed E-state index contributed by atoms with van der Waals surface area (Å²) in [4.78, 5) is 27.1. The fourth-order valence-corrected chi connectivity index (χ4v) is 4.58. The standard InChI is InChI=1S/C24H24N4O6S/c1-26-13-15-27(16-14-26)20-9-7-19(8-10-20)25-24(29)18-5-11-22(12-6-18)34-35(32,33)23-4-2-3-21(17-23)28(30)31/h2-12,17H,13-16H2,1H3,(H,25,29). The lowest BCUT2D eigenvalue weighted by Gasteiger charge is -2.34. The van der Waals surface area contributed by atoms with Crippen LogP contribution in [0, 0.1) is 10.1 Å². The minimum Gasteiger partial charge on any atom is -0.379 e. The molecule has 3 aromatic carbocycles. The molecule has 1 aliphatic rings. The Morgan fingerprint density at radius 2 is 1.63 bits per heavy atom. The van der Waals surface area contributed by atoms with Crippen LogP contribution in [0.2, 0.25) is 0 Å². The summed E-state index contributed by atoms with van der Waals surface area (Å²) in [6, 6.07) is 17.8. The largest absolute Gasteiger partial charge is 0.379 e. The van der Waals surface area contributed by atoms with Crippen molar-refractivity contribution in [3.63, 3.8) is 0 Å². The summed E-state index contributed by atoms with van der Waals surface area (Å²) < 4.78 is 30.0. The van der Waals surface area contributed by atoms with Gasteiger partial charge < -0.3 is 19.3 Å². The predicted octanol–water partition coefficient (Wildman–Crippen LogP) is 3.37. The van der Waals surface area contributed by atoms with E-state index in [2.05, 4.69) is 22.2 Å². The normalized spacial score (nSPS) is 14.4. The first-order valence-corrected chi connectivity index (χ1v) is 12.3. The number of carbonyl (C=O) groups is 1. The van der Waals surface area contributed by atoms with Crippen LogP contribution in [0.1, 0.15) is 10.4 Å². The molecule has 1 amide bonds. The molecule has 1 fully saturated rings. The molecule has 1 aliphatic heterocycles. The fourth-order valence-electron chi connectivity index (χ4n) is 3.61. The maximum absolute atomic E-state index is 12.6. The van der Waals surface area contributed by atoms with Gasteiger partial charge in [-0.15, -0.1) is 0 Å². The van der Waals surface area contributed by atoms with Gasteiger partial charge in [0.2, 0.25) is 0 Å². The van der Waals surface area contributed by atoms with Gasteiger partial charge in [0, 0.05) is 55.2 Å². The van der Waals surface area contributed by atoms with Crippen molar-refractivity contribution in [1.82, 2.24) is 4.90 Å². The summed E-state index contributed by atoms with van der Waals surface area (Å²) in [5.41, 5.74) is 1.69.